The fourth-order valence-corrected chi connectivity index (χ4v) is 4.48. The Labute approximate surface area is 210 Å². The lowest BCUT2D eigenvalue weighted by Gasteiger charge is -2.06. The summed E-state index contributed by atoms with van der Waals surface area (Å²) in [6, 6.07) is 0. The zero-order chi connectivity index (χ0) is 24.4. The Morgan fingerprint density at radius 3 is 1.36 bits per heavy atom. The van der Waals surface area contributed by atoms with E-state index in [9.17, 15) is 0 Å². The molecule has 0 aromatic carbocycles. The highest BCUT2D eigenvalue weighted by Crippen LogP contribution is 2.17. The molecule has 0 heteroatoms. The highest BCUT2D eigenvalue weighted by atomic mass is 14.0. The Morgan fingerprint density at radius 2 is 0.909 bits per heavy atom. The molecule has 0 aromatic rings. The van der Waals surface area contributed by atoms with Crippen molar-refractivity contribution >= 4 is 0 Å². The maximum Gasteiger partial charge on any atom is -0.0288 e. The third kappa shape index (κ3) is 27.1. The van der Waals surface area contributed by atoms with E-state index in [0.717, 1.165) is 0 Å². The molecule has 0 aliphatic heterocycles. The largest absolute Gasteiger partial charge is 0.103 e. The van der Waals surface area contributed by atoms with Crippen LogP contribution in [-0.4, -0.2) is 0 Å². The molecule has 0 aliphatic carbocycles. The lowest BCUT2D eigenvalue weighted by atomic mass is 10.0. The van der Waals surface area contributed by atoms with Crippen LogP contribution in [0.15, 0.2) is 48.1 Å². The van der Waals surface area contributed by atoms with Gasteiger partial charge in [-0.1, -0.05) is 131 Å². The number of hydrogen-bond donors (Lipinski definition) is 0. The van der Waals surface area contributed by atoms with E-state index in [1.54, 1.807) is 0 Å². The van der Waals surface area contributed by atoms with Crippen LogP contribution < -0.4 is 0 Å². The fourth-order valence-electron chi connectivity index (χ4n) is 4.48. The first-order valence-corrected chi connectivity index (χ1v) is 14.6. The molecule has 0 spiro atoms. The molecule has 0 atom stereocenters. The minimum absolute atomic E-state index is 1.18. The van der Waals surface area contributed by atoms with Crippen LogP contribution in [0.1, 0.15) is 162 Å². The zero-order valence-electron chi connectivity index (χ0n) is 23.2. The molecular formula is C33H60. The van der Waals surface area contributed by atoms with Crippen molar-refractivity contribution in [1.82, 2.24) is 0 Å². The molecule has 0 bridgehead atoms. The summed E-state index contributed by atoms with van der Waals surface area (Å²) >= 11 is 0. The SMILES string of the molecule is C=CCCCCCCCCCCCCCCCCCCC(=C)CCC=C(C)CCC=C(C)C. The topological polar surface area (TPSA) is 0 Å². The minimum Gasteiger partial charge on any atom is -0.103 e. The Kier molecular flexibility index (Phi) is 24.8. The van der Waals surface area contributed by atoms with Gasteiger partial charge in [0.2, 0.25) is 0 Å². The maximum atomic E-state index is 4.31. The number of allylic oxidation sites excluding steroid dienone is 6. The zero-order valence-corrected chi connectivity index (χ0v) is 23.2. The number of hydrogen-bond acceptors (Lipinski definition) is 0. The van der Waals surface area contributed by atoms with Crippen LogP contribution in [0, 0.1) is 0 Å². The third-order valence-corrected chi connectivity index (χ3v) is 6.77. The average molecular weight is 457 g/mol. The first-order valence-electron chi connectivity index (χ1n) is 14.6. The Bertz CT molecular complexity index is 500. The standard InChI is InChI=1S/C33H60/c1-6-7-8-9-10-11-12-13-14-15-16-17-18-19-20-21-22-23-27-32(4)29-25-30-33(5)28-24-26-31(2)3/h6,26,30H,1,4,7-25,27-29H2,2-3,5H3. The van der Waals surface area contributed by atoms with E-state index < -0.39 is 0 Å². The van der Waals surface area contributed by atoms with Crippen LogP contribution in [0.3, 0.4) is 0 Å². The second-order valence-electron chi connectivity index (χ2n) is 10.6. The predicted molar refractivity (Wildman–Crippen MR) is 154 cm³/mol. The monoisotopic (exact) mass is 456 g/mol. The van der Waals surface area contributed by atoms with E-state index in [-0.39, 0.29) is 0 Å². The van der Waals surface area contributed by atoms with Gasteiger partial charge in [0, 0.05) is 0 Å². The lowest BCUT2D eigenvalue weighted by molar-refractivity contribution is 0.528. The van der Waals surface area contributed by atoms with Gasteiger partial charge in [-0.3, -0.25) is 0 Å². The molecule has 192 valence electrons. The maximum absolute atomic E-state index is 4.31. The second-order valence-corrected chi connectivity index (χ2v) is 10.6. The molecular weight excluding hydrogens is 396 g/mol. The summed E-state index contributed by atoms with van der Waals surface area (Å²) < 4.78 is 0. The molecule has 0 unspecified atom stereocenters. The van der Waals surface area contributed by atoms with Gasteiger partial charge in [-0.25, -0.2) is 0 Å². The Balaban J connectivity index is 3.30. The molecule has 0 fully saturated rings. The van der Waals surface area contributed by atoms with Gasteiger partial charge in [0.05, 0.1) is 0 Å². The van der Waals surface area contributed by atoms with E-state index in [1.165, 1.54) is 158 Å². The molecule has 0 aromatic heterocycles. The van der Waals surface area contributed by atoms with E-state index in [2.05, 4.69) is 52.2 Å². The average Bonchev–Trinajstić information content (AvgIpc) is 2.78. The molecule has 0 amide bonds. The molecule has 0 rings (SSSR count). The molecule has 33 heavy (non-hydrogen) atoms. The van der Waals surface area contributed by atoms with Crippen molar-refractivity contribution < 1.29 is 0 Å². The second kappa shape index (κ2) is 25.6. The van der Waals surface area contributed by atoms with Gasteiger partial charge in [0.25, 0.3) is 0 Å². The van der Waals surface area contributed by atoms with Crippen LogP contribution in [-0.2, 0) is 0 Å². The molecule has 0 saturated heterocycles. The van der Waals surface area contributed by atoms with Gasteiger partial charge in [-0.2, -0.15) is 0 Å². The van der Waals surface area contributed by atoms with Crippen LogP contribution >= 0.6 is 0 Å². The molecule has 0 aliphatic rings. The summed E-state index contributed by atoms with van der Waals surface area (Å²) in [5.74, 6) is 0. The van der Waals surface area contributed by atoms with Gasteiger partial charge in [-0.15, -0.1) is 6.58 Å². The van der Waals surface area contributed by atoms with E-state index in [4.69, 9.17) is 0 Å². The molecule has 0 nitrogen and oxygen atoms in total. The highest BCUT2D eigenvalue weighted by Gasteiger charge is 1.97. The third-order valence-electron chi connectivity index (χ3n) is 6.77. The molecule has 0 saturated carbocycles. The van der Waals surface area contributed by atoms with Crippen molar-refractivity contribution in [3.8, 4) is 0 Å². The first-order chi connectivity index (χ1) is 16.1. The van der Waals surface area contributed by atoms with E-state index in [1.807, 2.05) is 0 Å². The van der Waals surface area contributed by atoms with Crippen molar-refractivity contribution in [2.75, 3.05) is 0 Å². The van der Waals surface area contributed by atoms with Gasteiger partial charge in [0.1, 0.15) is 0 Å². The highest BCUT2D eigenvalue weighted by molar-refractivity contribution is 5.04. The number of unbranched alkanes of at least 4 members (excludes halogenated alkanes) is 16. The summed E-state index contributed by atoms with van der Waals surface area (Å²) in [4.78, 5) is 0. The summed E-state index contributed by atoms with van der Waals surface area (Å²) in [6.45, 7) is 14.7. The normalized spacial score (nSPS) is 11.5. The summed E-state index contributed by atoms with van der Waals surface area (Å²) in [5, 5.41) is 0. The van der Waals surface area contributed by atoms with Crippen molar-refractivity contribution in [1.29, 1.82) is 0 Å². The summed E-state index contributed by atoms with van der Waals surface area (Å²) in [7, 11) is 0. The predicted octanol–water partition coefficient (Wildman–Crippen LogP) is 12.2. The van der Waals surface area contributed by atoms with E-state index >= 15 is 0 Å². The van der Waals surface area contributed by atoms with Gasteiger partial charge in [0.15, 0.2) is 0 Å². The molecule has 0 radical (unpaired) electrons. The summed E-state index contributed by atoms with van der Waals surface area (Å²) in [6.07, 6.45) is 36.8. The van der Waals surface area contributed by atoms with Crippen molar-refractivity contribution in [3.05, 3.63) is 48.1 Å². The van der Waals surface area contributed by atoms with Crippen LogP contribution in [0.4, 0.5) is 0 Å². The first kappa shape index (κ1) is 32.0. The van der Waals surface area contributed by atoms with Gasteiger partial charge < -0.3 is 0 Å². The fraction of sp³-hybridized carbons (Fsp3) is 0.758. The smallest absolute Gasteiger partial charge is 0.0288 e. The Hall–Kier alpha value is -1.04. The van der Waals surface area contributed by atoms with Gasteiger partial charge in [-0.05, 0) is 72.1 Å². The van der Waals surface area contributed by atoms with E-state index in [0.29, 0.717) is 0 Å². The molecule has 0 N–H and O–H groups in total. The van der Waals surface area contributed by atoms with Crippen LogP contribution in [0.5, 0.6) is 0 Å². The Morgan fingerprint density at radius 1 is 0.485 bits per heavy atom. The quantitative estimate of drug-likeness (QED) is 0.0946. The van der Waals surface area contributed by atoms with Crippen molar-refractivity contribution in [2.45, 2.75) is 162 Å². The lowest BCUT2D eigenvalue weighted by Crippen LogP contribution is -1.86. The van der Waals surface area contributed by atoms with Crippen molar-refractivity contribution in [2.24, 2.45) is 0 Å². The minimum atomic E-state index is 1.18. The van der Waals surface area contributed by atoms with Crippen LogP contribution in [0.25, 0.3) is 0 Å². The van der Waals surface area contributed by atoms with Crippen molar-refractivity contribution in [3.63, 3.8) is 0 Å². The number of rotatable bonds is 25. The summed E-state index contributed by atoms with van der Waals surface area (Å²) in [5.41, 5.74) is 4.42. The van der Waals surface area contributed by atoms with Crippen LogP contribution in [0.2, 0.25) is 0 Å². The molecule has 0 heterocycles. The van der Waals surface area contributed by atoms with Gasteiger partial charge >= 0.3 is 0 Å².